The molecule has 0 fully saturated rings. The highest BCUT2D eigenvalue weighted by molar-refractivity contribution is 5.71. The van der Waals surface area contributed by atoms with Crippen LogP contribution in [0.25, 0.3) is 0 Å². The molecule has 59 heavy (non-hydrogen) atoms. The number of unbranched alkanes of at least 4 members (excludes halogenated alkanes) is 32. The summed E-state index contributed by atoms with van der Waals surface area (Å²) in [4.78, 5) is 37.8. The number of ether oxygens (including phenoxy) is 3. The molecule has 346 valence electrons. The molecule has 0 bridgehead atoms. The molecule has 1 unspecified atom stereocenters. The molecule has 0 aromatic carbocycles. The molecule has 0 aromatic rings. The molecular formula is C53H98O6. The van der Waals surface area contributed by atoms with Crippen LogP contribution in [-0.2, 0) is 28.6 Å². The number of allylic oxidation sites excluding steroid dienone is 4. The van der Waals surface area contributed by atoms with E-state index in [1.54, 1.807) is 0 Å². The highest BCUT2D eigenvalue weighted by Gasteiger charge is 2.19. The van der Waals surface area contributed by atoms with Gasteiger partial charge in [-0.1, -0.05) is 231 Å². The topological polar surface area (TPSA) is 78.9 Å². The van der Waals surface area contributed by atoms with Crippen molar-refractivity contribution in [1.82, 2.24) is 0 Å². The molecule has 0 N–H and O–H groups in total. The third-order valence-electron chi connectivity index (χ3n) is 11.5. The molecule has 0 rings (SSSR count). The Balaban J connectivity index is 4.21. The van der Waals surface area contributed by atoms with Crippen molar-refractivity contribution in [3.05, 3.63) is 24.3 Å². The SMILES string of the molecule is CCCCCCC/C=C\C/C=C\CCCCCCCCCCCC(=O)OCC(COC(=O)CCCCCCCCCCCC)OC(=O)CCCCCCCCCCCC. The Morgan fingerprint density at radius 3 is 0.932 bits per heavy atom. The van der Waals surface area contributed by atoms with E-state index >= 15 is 0 Å². The molecule has 1 atom stereocenters. The van der Waals surface area contributed by atoms with E-state index in [4.69, 9.17) is 14.2 Å². The Bertz CT molecular complexity index is 958. The van der Waals surface area contributed by atoms with Gasteiger partial charge in [-0.25, -0.2) is 0 Å². The van der Waals surface area contributed by atoms with E-state index in [9.17, 15) is 14.4 Å². The van der Waals surface area contributed by atoms with Gasteiger partial charge in [0, 0.05) is 19.3 Å². The van der Waals surface area contributed by atoms with Gasteiger partial charge < -0.3 is 14.2 Å². The van der Waals surface area contributed by atoms with Crippen LogP contribution in [0.15, 0.2) is 24.3 Å². The smallest absolute Gasteiger partial charge is 0.306 e. The number of esters is 3. The maximum Gasteiger partial charge on any atom is 0.306 e. The molecule has 0 saturated heterocycles. The molecule has 0 aliphatic carbocycles. The maximum absolute atomic E-state index is 12.7. The van der Waals surface area contributed by atoms with Crippen LogP contribution in [0, 0.1) is 0 Å². The highest BCUT2D eigenvalue weighted by Crippen LogP contribution is 2.15. The van der Waals surface area contributed by atoms with Gasteiger partial charge in [0.25, 0.3) is 0 Å². The standard InChI is InChI=1S/C53H98O6/c1-4-7-10-13-16-19-22-23-24-25-26-27-28-29-30-31-32-35-37-40-43-46-52(55)58-49-50(59-53(56)47-44-41-38-34-21-18-15-12-9-6-3)48-57-51(54)45-42-39-36-33-20-17-14-11-8-5-2/h22-23,25-26,50H,4-21,24,27-49H2,1-3H3/b23-22-,26-25-. The lowest BCUT2D eigenvalue weighted by molar-refractivity contribution is -0.167. The summed E-state index contributed by atoms with van der Waals surface area (Å²) >= 11 is 0. The van der Waals surface area contributed by atoms with Crippen molar-refractivity contribution >= 4 is 17.9 Å². The molecule has 0 aliphatic heterocycles. The van der Waals surface area contributed by atoms with Gasteiger partial charge >= 0.3 is 17.9 Å². The van der Waals surface area contributed by atoms with E-state index in [-0.39, 0.29) is 31.1 Å². The molecule has 0 heterocycles. The summed E-state index contributed by atoms with van der Waals surface area (Å²) in [5, 5.41) is 0. The van der Waals surface area contributed by atoms with Crippen LogP contribution < -0.4 is 0 Å². The third-order valence-corrected chi connectivity index (χ3v) is 11.5. The van der Waals surface area contributed by atoms with Crippen LogP contribution in [0.1, 0.15) is 278 Å². The molecule has 6 heteroatoms. The summed E-state index contributed by atoms with van der Waals surface area (Å²) in [6.07, 6.45) is 54.5. The second-order valence-electron chi connectivity index (χ2n) is 17.4. The Labute approximate surface area is 366 Å². The zero-order valence-electron chi connectivity index (χ0n) is 39.5. The van der Waals surface area contributed by atoms with Crippen LogP contribution in [0.4, 0.5) is 0 Å². The molecular weight excluding hydrogens is 733 g/mol. The van der Waals surface area contributed by atoms with Crippen LogP contribution in [0.3, 0.4) is 0 Å². The quantitative estimate of drug-likeness (QED) is 0.0263. The first-order chi connectivity index (χ1) is 29.0. The Kier molecular flexibility index (Phi) is 46.8. The minimum atomic E-state index is -0.765. The van der Waals surface area contributed by atoms with E-state index in [1.807, 2.05) is 0 Å². The zero-order chi connectivity index (χ0) is 43.0. The van der Waals surface area contributed by atoms with Crippen molar-refractivity contribution in [1.29, 1.82) is 0 Å². The lowest BCUT2D eigenvalue weighted by Crippen LogP contribution is -2.30. The molecule has 0 aliphatic rings. The number of hydrogen-bond donors (Lipinski definition) is 0. The fraction of sp³-hybridized carbons (Fsp3) is 0.868. The molecule has 6 nitrogen and oxygen atoms in total. The Morgan fingerprint density at radius 1 is 0.339 bits per heavy atom. The fourth-order valence-corrected chi connectivity index (χ4v) is 7.53. The van der Waals surface area contributed by atoms with Gasteiger partial charge in [0.2, 0.25) is 0 Å². The average Bonchev–Trinajstić information content (AvgIpc) is 3.23. The van der Waals surface area contributed by atoms with Gasteiger partial charge in [-0.3, -0.25) is 14.4 Å². The van der Waals surface area contributed by atoms with E-state index in [1.165, 1.54) is 173 Å². The largest absolute Gasteiger partial charge is 0.462 e. The van der Waals surface area contributed by atoms with Crippen LogP contribution in [0.5, 0.6) is 0 Å². The van der Waals surface area contributed by atoms with Crippen molar-refractivity contribution in [3.8, 4) is 0 Å². The first-order valence-electron chi connectivity index (χ1n) is 25.8. The zero-order valence-corrected chi connectivity index (χ0v) is 39.5. The van der Waals surface area contributed by atoms with Crippen molar-refractivity contribution < 1.29 is 28.6 Å². The van der Waals surface area contributed by atoms with Gasteiger partial charge in [-0.15, -0.1) is 0 Å². The summed E-state index contributed by atoms with van der Waals surface area (Å²) < 4.78 is 16.7. The molecule has 0 saturated carbocycles. The predicted molar refractivity (Wildman–Crippen MR) is 252 cm³/mol. The summed E-state index contributed by atoms with van der Waals surface area (Å²) in [6.45, 7) is 6.62. The number of rotatable bonds is 47. The predicted octanol–water partition coefficient (Wildman–Crippen LogP) is 16.8. The molecule has 0 spiro atoms. The Morgan fingerprint density at radius 2 is 0.610 bits per heavy atom. The van der Waals surface area contributed by atoms with Crippen LogP contribution in [-0.4, -0.2) is 37.2 Å². The normalized spacial score (nSPS) is 12.1. The summed E-state index contributed by atoms with van der Waals surface area (Å²) in [7, 11) is 0. The minimum Gasteiger partial charge on any atom is -0.462 e. The van der Waals surface area contributed by atoms with Gasteiger partial charge in [-0.2, -0.15) is 0 Å². The van der Waals surface area contributed by atoms with Gasteiger partial charge in [0.15, 0.2) is 6.10 Å². The van der Waals surface area contributed by atoms with Crippen molar-refractivity contribution in [2.45, 2.75) is 284 Å². The summed E-state index contributed by atoms with van der Waals surface area (Å²) in [6, 6.07) is 0. The van der Waals surface area contributed by atoms with Crippen molar-refractivity contribution in [3.63, 3.8) is 0 Å². The lowest BCUT2D eigenvalue weighted by atomic mass is 10.1. The second-order valence-corrected chi connectivity index (χ2v) is 17.4. The number of hydrogen-bond acceptors (Lipinski definition) is 6. The van der Waals surface area contributed by atoms with E-state index in [0.29, 0.717) is 19.3 Å². The van der Waals surface area contributed by atoms with Crippen LogP contribution in [0.2, 0.25) is 0 Å². The maximum atomic E-state index is 12.7. The molecule has 0 aromatic heterocycles. The number of carbonyl (C=O) groups excluding carboxylic acids is 3. The fourth-order valence-electron chi connectivity index (χ4n) is 7.53. The summed E-state index contributed by atoms with van der Waals surface area (Å²) in [5.41, 5.74) is 0. The van der Waals surface area contributed by atoms with Crippen LogP contribution >= 0.6 is 0 Å². The van der Waals surface area contributed by atoms with E-state index in [2.05, 4.69) is 45.1 Å². The lowest BCUT2D eigenvalue weighted by Gasteiger charge is -2.18. The van der Waals surface area contributed by atoms with Gasteiger partial charge in [0.05, 0.1) is 0 Å². The van der Waals surface area contributed by atoms with Crippen molar-refractivity contribution in [2.24, 2.45) is 0 Å². The molecule has 0 amide bonds. The van der Waals surface area contributed by atoms with E-state index in [0.717, 1.165) is 64.2 Å². The second kappa shape index (κ2) is 48.6. The van der Waals surface area contributed by atoms with E-state index < -0.39 is 6.10 Å². The average molecular weight is 831 g/mol. The minimum absolute atomic E-state index is 0.0682. The third kappa shape index (κ3) is 46.8. The molecule has 0 radical (unpaired) electrons. The van der Waals surface area contributed by atoms with Gasteiger partial charge in [0.1, 0.15) is 13.2 Å². The van der Waals surface area contributed by atoms with Crippen molar-refractivity contribution in [2.75, 3.05) is 13.2 Å². The summed E-state index contributed by atoms with van der Waals surface area (Å²) in [5.74, 6) is -0.864. The monoisotopic (exact) mass is 831 g/mol. The Hall–Kier alpha value is -2.11. The highest BCUT2D eigenvalue weighted by atomic mass is 16.6. The van der Waals surface area contributed by atoms with Gasteiger partial charge in [-0.05, 0) is 51.4 Å². The first kappa shape index (κ1) is 56.9. The first-order valence-corrected chi connectivity index (χ1v) is 25.8. The number of carbonyl (C=O) groups is 3.